The smallest absolute Gasteiger partial charge is 0.243 e. The third kappa shape index (κ3) is 3.30. The standard InChI is InChI=1S/C16H26N2O2S/c1-4-18(16-7-5-6-14(16)11-17)21(19,20)15-9-12(2)8-13(3)10-15/h8-10,14,16H,4-7,11,17H2,1-3H3. The molecule has 4 nitrogen and oxygen atoms in total. The van der Waals surface area contributed by atoms with E-state index >= 15 is 0 Å². The van der Waals surface area contributed by atoms with E-state index in [9.17, 15) is 8.42 Å². The Morgan fingerprint density at radius 1 is 1.19 bits per heavy atom. The lowest BCUT2D eigenvalue weighted by Gasteiger charge is -2.31. The van der Waals surface area contributed by atoms with Gasteiger partial charge in [0.2, 0.25) is 10.0 Å². The van der Waals surface area contributed by atoms with E-state index in [1.54, 1.807) is 16.4 Å². The van der Waals surface area contributed by atoms with Crippen LogP contribution < -0.4 is 5.73 Å². The summed E-state index contributed by atoms with van der Waals surface area (Å²) in [5.41, 5.74) is 7.78. The minimum atomic E-state index is -3.44. The van der Waals surface area contributed by atoms with E-state index in [1.807, 2.05) is 26.8 Å². The SMILES string of the molecule is CCN(C1CCCC1CN)S(=O)(=O)c1cc(C)cc(C)c1. The van der Waals surface area contributed by atoms with Crippen molar-refractivity contribution in [2.75, 3.05) is 13.1 Å². The highest BCUT2D eigenvalue weighted by atomic mass is 32.2. The van der Waals surface area contributed by atoms with Gasteiger partial charge in [0.05, 0.1) is 4.90 Å². The lowest BCUT2D eigenvalue weighted by molar-refractivity contribution is 0.276. The molecule has 118 valence electrons. The summed E-state index contributed by atoms with van der Waals surface area (Å²) < 4.78 is 27.7. The Morgan fingerprint density at radius 3 is 2.33 bits per heavy atom. The Kier molecular flexibility index (Phi) is 5.07. The van der Waals surface area contributed by atoms with Crippen LogP contribution in [0, 0.1) is 19.8 Å². The van der Waals surface area contributed by atoms with Crippen LogP contribution in [0.3, 0.4) is 0 Å². The van der Waals surface area contributed by atoms with Gasteiger partial charge in [-0.2, -0.15) is 4.31 Å². The van der Waals surface area contributed by atoms with Crippen molar-refractivity contribution in [2.24, 2.45) is 11.7 Å². The maximum atomic E-state index is 13.0. The molecule has 2 atom stereocenters. The monoisotopic (exact) mass is 310 g/mol. The normalized spacial score (nSPS) is 22.9. The molecule has 0 aliphatic heterocycles. The van der Waals surface area contributed by atoms with Gasteiger partial charge >= 0.3 is 0 Å². The summed E-state index contributed by atoms with van der Waals surface area (Å²) in [6.45, 7) is 6.83. The van der Waals surface area contributed by atoms with Crippen molar-refractivity contribution in [3.8, 4) is 0 Å². The number of aryl methyl sites for hydroxylation is 2. The average molecular weight is 310 g/mol. The zero-order chi connectivity index (χ0) is 15.6. The van der Waals surface area contributed by atoms with Gasteiger partial charge in [-0.3, -0.25) is 0 Å². The van der Waals surface area contributed by atoms with Crippen LogP contribution in [-0.2, 0) is 10.0 Å². The van der Waals surface area contributed by atoms with Gasteiger partial charge in [-0.15, -0.1) is 0 Å². The molecule has 0 amide bonds. The van der Waals surface area contributed by atoms with E-state index in [0.717, 1.165) is 30.4 Å². The summed E-state index contributed by atoms with van der Waals surface area (Å²) in [6.07, 6.45) is 3.01. The minimum absolute atomic E-state index is 0.0471. The molecule has 5 heteroatoms. The predicted octanol–water partition coefficient (Wildman–Crippen LogP) is 2.44. The molecule has 0 heterocycles. The highest BCUT2D eigenvalue weighted by molar-refractivity contribution is 7.89. The second-order valence-corrected chi connectivity index (χ2v) is 7.92. The lowest BCUT2D eigenvalue weighted by atomic mass is 10.0. The van der Waals surface area contributed by atoms with Gasteiger partial charge in [-0.05, 0) is 62.4 Å². The van der Waals surface area contributed by atoms with E-state index in [-0.39, 0.29) is 12.0 Å². The Balaban J connectivity index is 2.40. The van der Waals surface area contributed by atoms with Crippen molar-refractivity contribution < 1.29 is 8.42 Å². The average Bonchev–Trinajstić information content (AvgIpc) is 2.86. The highest BCUT2D eigenvalue weighted by Gasteiger charge is 2.37. The summed E-state index contributed by atoms with van der Waals surface area (Å²) in [5, 5.41) is 0. The summed E-state index contributed by atoms with van der Waals surface area (Å²) >= 11 is 0. The molecule has 21 heavy (non-hydrogen) atoms. The highest BCUT2D eigenvalue weighted by Crippen LogP contribution is 2.33. The molecule has 2 rings (SSSR count). The van der Waals surface area contributed by atoms with Crippen LogP contribution in [0.15, 0.2) is 23.1 Å². The van der Waals surface area contributed by atoms with Crippen LogP contribution in [0.25, 0.3) is 0 Å². The predicted molar refractivity (Wildman–Crippen MR) is 85.7 cm³/mol. The van der Waals surface area contributed by atoms with Crippen molar-refractivity contribution in [1.82, 2.24) is 4.31 Å². The number of sulfonamides is 1. The molecule has 1 fully saturated rings. The Bertz CT molecular complexity index is 578. The van der Waals surface area contributed by atoms with E-state index in [1.165, 1.54) is 0 Å². The van der Waals surface area contributed by atoms with E-state index in [4.69, 9.17) is 5.73 Å². The van der Waals surface area contributed by atoms with Crippen LogP contribution >= 0.6 is 0 Å². The molecule has 0 spiro atoms. The van der Waals surface area contributed by atoms with Gasteiger partial charge in [-0.25, -0.2) is 8.42 Å². The minimum Gasteiger partial charge on any atom is -0.330 e. The lowest BCUT2D eigenvalue weighted by Crippen LogP contribution is -2.44. The van der Waals surface area contributed by atoms with E-state index in [2.05, 4.69) is 0 Å². The molecule has 2 N–H and O–H groups in total. The first-order chi connectivity index (χ1) is 9.90. The Morgan fingerprint density at radius 2 is 1.81 bits per heavy atom. The first kappa shape index (κ1) is 16.5. The van der Waals surface area contributed by atoms with Gasteiger partial charge in [0.25, 0.3) is 0 Å². The van der Waals surface area contributed by atoms with E-state index in [0.29, 0.717) is 18.0 Å². The first-order valence-corrected chi connectivity index (χ1v) is 9.14. The molecule has 1 saturated carbocycles. The molecule has 1 aliphatic rings. The molecule has 0 saturated heterocycles. The van der Waals surface area contributed by atoms with Gasteiger partial charge in [0.1, 0.15) is 0 Å². The fourth-order valence-electron chi connectivity index (χ4n) is 3.47. The first-order valence-electron chi connectivity index (χ1n) is 7.70. The molecular formula is C16H26N2O2S. The molecule has 1 aliphatic carbocycles. The van der Waals surface area contributed by atoms with Crippen molar-refractivity contribution in [1.29, 1.82) is 0 Å². The van der Waals surface area contributed by atoms with Gasteiger partial charge in [0, 0.05) is 12.6 Å². The second-order valence-electron chi connectivity index (χ2n) is 6.03. The third-order valence-electron chi connectivity index (χ3n) is 4.41. The van der Waals surface area contributed by atoms with Crippen LogP contribution in [0.4, 0.5) is 0 Å². The fraction of sp³-hybridized carbons (Fsp3) is 0.625. The van der Waals surface area contributed by atoms with Crippen molar-refractivity contribution >= 4 is 10.0 Å². The van der Waals surface area contributed by atoms with Crippen molar-refractivity contribution in [3.05, 3.63) is 29.3 Å². The number of hydrogen-bond donors (Lipinski definition) is 1. The largest absolute Gasteiger partial charge is 0.330 e. The van der Waals surface area contributed by atoms with Crippen LogP contribution in [0.1, 0.15) is 37.3 Å². The molecule has 1 aromatic rings. The molecular weight excluding hydrogens is 284 g/mol. The van der Waals surface area contributed by atoms with Gasteiger partial charge in [-0.1, -0.05) is 19.4 Å². The van der Waals surface area contributed by atoms with Gasteiger partial charge in [0.15, 0.2) is 0 Å². The zero-order valence-electron chi connectivity index (χ0n) is 13.2. The molecule has 0 radical (unpaired) electrons. The number of nitrogens with two attached hydrogens (primary N) is 1. The maximum Gasteiger partial charge on any atom is 0.243 e. The van der Waals surface area contributed by atoms with E-state index < -0.39 is 10.0 Å². The van der Waals surface area contributed by atoms with Crippen LogP contribution in [-0.4, -0.2) is 31.9 Å². The summed E-state index contributed by atoms with van der Waals surface area (Å²) in [6, 6.07) is 5.56. The summed E-state index contributed by atoms with van der Waals surface area (Å²) in [7, 11) is -3.44. The topological polar surface area (TPSA) is 63.4 Å². The second kappa shape index (κ2) is 6.46. The van der Waals surface area contributed by atoms with Crippen molar-refractivity contribution in [2.45, 2.75) is 51.0 Å². The summed E-state index contributed by atoms with van der Waals surface area (Å²) in [4.78, 5) is 0.407. The van der Waals surface area contributed by atoms with Gasteiger partial charge < -0.3 is 5.73 Å². The molecule has 0 bridgehead atoms. The Hall–Kier alpha value is -0.910. The van der Waals surface area contributed by atoms with Crippen molar-refractivity contribution in [3.63, 3.8) is 0 Å². The molecule has 0 aromatic heterocycles. The van der Waals surface area contributed by atoms with Crippen LogP contribution in [0.5, 0.6) is 0 Å². The third-order valence-corrected chi connectivity index (χ3v) is 6.38. The number of rotatable bonds is 5. The molecule has 2 unspecified atom stereocenters. The van der Waals surface area contributed by atoms with Crippen LogP contribution in [0.2, 0.25) is 0 Å². The Labute approximate surface area is 128 Å². The quantitative estimate of drug-likeness (QED) is 0.908. The fourth-order valence-corrected chi connectivity index (χ4v) is 5.39. The number of benzene rings is 1. The zero-order valence-corrected chi connectivity index (χ0v) is 14.0. The maximum absolute atomic E-state index is 13.0. The number of nitrogens with zero attached hydrogens (tertiary/aromatic N) is 1. The molecule has 1 aromatic carbocycles. The number of hydrogen-bond acceptors (Lipinski definition) is 3. The summed E-state index contributed by atoms with van der Waals surface area (Å²) in [5.74, 6) is 0.283.